The van der Waals surface area contributed by atoms with E-state index in [2.05, 4.69) is 31.3 Å². The Labute approximate surface area is 117 Å². The number of hydrogen-bond acceptors (Lipinski definition) is 3. The van der Waals surface area contributed by atoms with Crippen LogP contribution in [0.15, 0.2) is 24.3 Å². The van der Waals surface area contributed by atoms with Gasteiger partial charge in [-0.15, -0.1) is 0 Å². The van der Waals surface area contributed by atoms with Crippen LogP contribution in [-0.2, 0) is 11.2 Å². The van der Waals surface area contributed by atoms with Gasteiger partial charge in [-0.3, -0.25) is 0 Å². The largest absolute Gasteiger partial charge is 0.492 e. The molecule has 0 bridgehead atoms. The van der Waals surface area contributed by atoms with Gasteiger partial charge in [0.25, 0.3) is 0 Å². The molecule has 0 saturated heterocycles. The summed E-state index contributed by atoms with van der Waals surface area (Å²) in [7, 11) is 1.73. The van der Waals surface area contributed by atoms with Crippen molar-refractivity contribution in [3.63, 3.8) is 0 Å². The predicted molar refractivity (Wildman–Crippen MR) is 79.9 cm³/mol. The summed E-state index contributed by atoms with van der Waals surface area (Å²) in [6.45, 7) is 6.91. The lowest BCUT2D eigenvalue weighted by Crippen LogP contribution is -2.34. The molecule has 0 spiro atoms. The molecular weight excluding hydrogens is 238 g/mol. The fourth-order valence-electron chi connectivity index (χ4n) is 1.84. The summed E-state index contributed by atoms with van der Waals surface area (Å²) in [6.07, 6.45) is 3.20. The number of hydrogen-bond donors (Lipinski definition) is 1. The molecule has 0 radical (unpaired) electrons. The summed E-state index contributed by atoms with van der Waals surface area (Å²) in [6, 6.07) is 8.73. The summed E-state index contributed by atoms with van der Waals surface area (Å²) < 4.78 is 10.9. The van der Waals surface area contributed by atoms with Gasteiger partial charge in [0.05, 0.1) is 6.61 Å². The third-order valence-electron chi connectivity index (χ3n) is 3.15. The summed E-state index contributed by atoms with van der Waals surface area (Å²) in [5, 5.41) is 3.49. The van der Waals surface area contributed by atoms with E-state index in [0.29, 0.717) is 6.04 Å². The molecule has 1 rings (SSSR count). The standard InChI is InChI=1S/C16H27NO2/c1-4-11-17-15(5-2)13-19-16-8-6-14(7-9-16)10-12-18-3/h6-9,15,17H,4-5,10-13H2,1-3H3. The lowest BCUT2D eigenvalue weighted by atomic mass is 10.1. The van der Waals surface area contributed by atoms with E-state index in [9.17, 15) is 0 Å². The van der Waals surface area contributed by atoms with Crippen LogP contribution < -0.4 is 10.1 Å². The molecule has 1 aromatic rings. The summed E-state index contributed by atoms with van der Waals surface area (Å²) in [5.41, 5.74) is 1.28. The second-order valence-electron chi connectivity index (χ2n) is 4.76. The maximum atomic E-state index is 5.82. The number of nitrogens with one attached hydrogen (secondary N) is 1. The maximum Gasteiger partial charge on any atom is 0.119 e. The lowest BCUT2D eigenvalue weighted by Gasteiger charge is -2.17. The van der Waals surface area contributed by atoms with Gasteiger partial charge in [0.2, 0.25) is 0 Å². The van der Waals surface area contributed by atoms with Crippen molar-refractivity contribution in [2.24, 2.45) is 0 Å². The number of benzene rings is 1. The minimum atomic E-state index is 0.438. The van der Waals surface area contributed by atoms with Crippen molar-refractivity contribution in [3.8, 4) is 5.75 Å². The van der Waals surface area contributed by atoms with E-state index < -0.39 is 0 Å². The van der Waals surface area contributed by atoms with Gasteiger partial charge in [0.1, 0.15) is 12.4 Å². The molecule has 108 valence electrons. The third-order valence-corrected chi connectivity index (χ3v) is 3.15. The monoisotopic (exact) mass is 265 g/mol. The van der Waals surface area contributed by atoms with Crippen molar-refractivity contribution in [3.05, 3.63) is 29.8 Å². The van der Waals surface area contributed by atoms with Crippen molar-refractivity contribution in [1.82, 2.24) is 5.32 Å². The van der Waals surface area contributed by atoms with Crippen molar-refractivity contribution < 1.29 is 9.47 Å². The Bertz CT molecular complexity index is 324. The molecule has 1 unspecified atom stereocenters. The Morgan fingerprint density at radius 1 is 1.16 bits per heavy atom. The van der Waals surface area contributed by atoms with Gasteiger partial charge in [-0.25, -0.2) is 0 Å². The second kappa shape index (κ2) is 9.82. The van der Waals surface area contributed by atoms with E-state index in [-0.39, 0.29) is 0 Å². The second-order valence-corrected chi connectivity index (χ2v) is 4.76. The fraction of sp³-hybridized carbons (Fsp3) is 0.625. The van der Waals surface area contributed by atoms with E-state index in [1.54, 1.807) is 7.11 Å². The minimum absolute atomic E-state index is 0.438. The van der Waals surface area contributed by atoms with Crippen LogP contribution in [0.4, 0.5) is 0 Å². The summed E-state index contributed by atoms with van der Waals surface area (Å²) in [4.78, 5) is 0. The van der Waals surface area contributed by atoms with Crippen molar-refractivity contribution in [2.75, 3.05) is 26.9 Å². The van der Waals surface area contributed by atoms with Crippen LogP contribution in [0, 0.1) is 0 Å². The summed E-state index contributed by atoms with van der Waals surface area (Å²) >= 11 is 0. The average Bonchev–Trinajstić information content (AvgIpc) is 2.46. The Morgan fingerprint density at radius 3 is 2.47 bits per heavy atom. The molecule has 1 aromatic carbocycles. The Morgan fingerprint density at radius 2 is 1.89 bits per heavy atom. The van der Waals surface area contributed by atoms with Gasteiger partial charge in [-0.05, 0) is 43.5 Å². The first kappa shape index (κ1) is 16.0. The molecule has 19 heavy (non-hydrogen) atoms. The SMILES string of the molecule is CCCNC(CC)COc1ccc(CCOC)cc1. The quantitative estimate of drug-likeness (QED) is 0.705. The van der Waals surface area contributed by atoms with Gasteiger partial charge in [0.15, 0.2) is 0 Å². The summed E-state index contributed by atoms with van der Waals surface area (Å²) in [5.74, 6) is 0.943. The first-order chi connectivity index (χ1) is 9.30. The first-order valence-corrected chi connectivity index (χ1v) is 7.24. The van der Waals surface area contributed by atoms with Gasteiger partial charge < -0.3 is 14.8 Å². The first-order valence-electron chi connectivity index (χ1n) is 7.24. The minimum Gasteiger partial charge on any atom is -0.492 e. The number of ether oxygens (including phenoxy) is 2. The van der Waals surface area contributed by atoms with Crippen molar-refractivity contribution in [2.45, 2.75) is 39.2 Å². The highest BCUT2D eigenvalue weighted by Gasteiger charge is 2.05. The zero-order chi connectivity index (χ0) is 13.9. The highest BCUT2D eigenvalue weighted by Crippen LogP contribution is 2.13. The van der Waals surface area contributed by atoms with Crippen LogP contribution in [0.25, 0.3) is 0 Å². The smallest absolute Gasteiger partial charge is 0.119 e. The van der Waals surface area contributed by atoms with E-state index >= 15 is 0 Å². The van der Waals surface area contributed by atoms with E-state index in [1.807, 2.05) is 12.1 Å². The Balaban J connectivity index is 2.35. The molecule has 0 aliphatic rings. The zero-order valence-electron chi connectivity index (χ0n) is 12.4. The molecule has 0 heterocycles. The van der Waals surface area contributed by atoms with Crippen LogP contribution in [0.5, 0.6) is 5.75 Å². The van der Waals surface area contributed by atoms with Crippen LogP contribution >= 0.6 is 0 Å². The predicted octanol–water partition coefficient (Wildman–Crippen LogP) is 3.03. The van der Waals surface area contributed by atoms with Crippen molar-refractivity contribution in [1.29, 1.82) is 0 Å². The molecule has 1 atom stereocenters. The highest BCUT2D eigenvalue weighted by atomic mass is 16.5. The zero-order valence-corrected chi connectivity index (χ0v) is 12.4. The number of rotatable bonds is 10. The Kier molecular flexibility index (Phi) is 8.26. The van der Waals surface area contributed by atoms with Crippen LogP contribution in [0.2, 0.25) is 0 Å². The molecule has 0 aliphatic carbocycles. The third kappa shape index (κ3) is 6.60. The van der Waals surface area contributed by atoms with E-state index in [1.165, 1.54) is 5.56 Å². The fourth-order valence-corrected chi connectivity index (χ4v) is 1.84. The van der Waals surface area contributed by atoms with Gasteiger partial charge >= 0.3 is 0 Å². The van der Waals surface area contributed by atoms with Crippen LogP contribution in [0.3, 0.4) is 0 Å². The molecule has 0 aliphatic heterocycles. The number of methoxy groups -OCH3 is 1. The van der Waals surface area contributed by atoms with E-state index in [4.69, 9.17) is 9.47 Å². The molecular formula is C16H27NO2. The topological polar surface area (TPSA) is 30.5 Å². The highest BCUT2D eigenvalue weighted by molar-refractivity contribution is 5.27. The molecule has 0 saturated carbocycles. The van der Waals surface area contributed by atoms with Crippen molar-refractivity contribution >= 4 is 0 Å². The van der Waals surface area contributed by atoms with E-state index in [0.717, 1.165) is 44.8 Å². The molecule has 0 amide bonds. The Hall–Kier alpha value is -1.06. The molecule has 3 heteroatoms. The van der Waals surface area contributed by atoms with Gasteiger partial charge in [0, 0.05) is 13.2 Å². The molecule has 3 nitrogen and oxygen atoms in total. The molecule has 0 aromatic heterocycles. The average molecular weight is 265 g/mol. The van der Waals surface area contributed by atoms with Crippen LogP contribution in [0.1, 0.15) is 32.3 Å². The maximum absolute atomic E-state index is 5.82. The normalized spacial score (nSPS) is 12.4. The van der Waals surface area contributed by atoms with Gasteiger partial charge in [-0.1, -0.05) is 26.0 Å². The van der Waals surface area contributed by atoms with Gasteiger partial charge in [-0.2, -0.15) is 0 Å². The molecule has 0 fully saturated rings. The molecule has 1 N–H and O–H groups in total. The van der Waals surface area contributed by atoms with Crippen LogP contribution in [-0.4, -0.2) is 32.9 Å². The lowest BCUT2D eigenvalue weighted by molar-refractivity contribution is 0.202.